The van der Waals surface area contributed by atoms with Gasteiger partial charge >= 0.3 is 0 Å². The van der Waals surface area contributed by atoms with E-state index in [0.29, 0.717) is 6.04 Å². The van der Waals surface area contributed by atoms with Gasteiger partial charge in [0.2, 0.25) is 0 Å². The highest BCUT2D eigenvalue weighted by atomic mass is 15.3. The van der Waals surface area contributed by atoms with Gasteiger partial charge < -0.3 is 15.1 Å². The normalized spacial score (nSPS) is 24.6. The van der Waals surface area contributed by atoms with Gasteiger partial charge in [0.05, 0.1) is 0 Å². The number of nitrogens with zero attached hydrogens (tertiary/aromatic N) is 4. The molecule has 1 aromatic rings. The van der Waals surface area contributed by atoms with Crippen molar-refractivity contribution in [1.82, 2.24) is 15.5 Å². The topological polar surface area (TPSA) is 44.3 Å². The molecule has 2 saturated heterocycles. The number of hydrogen-bond acceptors (Lipinski definition) is 5. The minimum Gasteiger partial charge on any atom is -0.353 e. The molecule has 104 valence electrons. The van der Waals surface area contributed by atoms with E-state index in [1.54, 1.807) is 0 Å². The van der Waals surface area contributed by atoms with Crippen LogP contribution in [0.25, 0.3) is 0 Å². The van der Waals surface area contributed by atoms with Gasteiger partial charge in [0.15, 0.2) is 11.6 Å². The fourth-order valence-electron chi connectivity index (χ4n) is 2.97. The van der Waals surface area contributed by atoms with Gasteiger partial charge in [0, 0.05) is 38.8 Å². The molecular weight excluding hydrogens is 238 g/mol. The number of piperidine rings is 1. The summed E-state index contributed by atoms with van der Waals surface area (Å²) < 4.78 is 0. The standard InChI is InChI=1S/C14H23N5/c1-12-4-2-3-9-19(12)14-6-5-13(16-17-14)18-10-7-15-8-11-18/h5-6,12,15H,2-4,7-11H2,1H3/t12-/m0/s1. The lowest BCUT2D eigenvalue weighted by Gasteiger charge is -2.34. The third kappa shape index (κ3) is 2.81. The minimum atomic E-state index is 0.591. The number of nitrogens with one attached hydrogen (secondary N) is 1. The van der Waals surface area contributed by atoms with Crippen molar-refractivity contribution in [1.29, 1.82) is 0 Å². The lowest BCUT2D eigenvalue weighted by Crippen LogP contribution is -2.44. The monoisotopic (exact) mass is 261 g/mol. The second kappa shape index (κ2) is 5.74. The van der Waals surface area contributed by atoms with Gasteiger partial charge in [0.25, 0.3) is 0 Å². The van der Waals surface area contributed by atoms with E-state index in [0.717, 1.165) is 44.4 Å². The molecule has 0 unspecified atom stereocenters. The number of anilines is 2. The van der Waals surface area contributed by atoms with Crippen molar-refractivity contribution >= 4 is 11.6 Å². The van der Waals surface area contributed by atoms with Crippen molar-refractivity contribution in [2.75, 3.05) is 42.5 Å². The lowest BCUT2D eigenvalue weighted by atomic mass is 10.0. The molecule has 3 rings (SSSR count). The van der Waals surface area contributed by atoms with Crippen LogP contribution >= 0.6 is 0 Å². The van der Waals surface area contributed by atoms with Crippen molar-refractivity contribution in [2.24, 2.45) is 0 Å². The van der Waals surface area contributed by atoms with Crippen molar-refractivity contribution in [3.8, 4) is 0 Å². The summed E-state index contributed by atoms with van der Waals surface area (Å²) in [7, 11) is 0. The van der Waals surface area contributed by atoms with E-state index in [2.05, 4.69) is 44.4 Å². The summed E-state index contributed by atoms with van der Waals surface area (Å²) in [6.07, 6.45) is 3.87. The maximum atomic E-state index is 4.44. The molecule has 0 amide bonds. The third-order valence-corrected chi connectivity index (χ3v) is 4.17. The van der Waals surface area contributed by atoms with Gasteiger partial charge in [-0.3, -0.25) is 0 Å². The van der Waals surface area contributed by atoms with E-state index in [4.69, 9.17) is 0 Å². The quantitative estimate of drug-likeness (QED) is 0.868. The van der Waals surface area contributed by atoms with E-state index in [1.807, 2.05) is 0 Å². The van der Waals surface area contributed by atoms with Gasteiger partial charge in [-0.2, -0.15) is 0 Å². The summed E-state index contributed by atoms with van der Waals surface area (Å²) in [6, 6.07) is 4.84. The fraction of sp³-hybridized carbons (Fsp3) is 0.714. The predicted molar refractivity (Wildman–Crippen MR) is 77.8 cm³/mol. The average molecular weight is 261 g/mol. The second-order valence-corrected chi connectivity index (χ2v) is 5.52. The van der Waals surface area contributed by atoms with E-state index >= 15 is 0 Å². The van der Waals surface area contributed by atoms with E-state index in [9.17, 15) is 0 Å². The minimum absolute atomic E-state index is 0.591. The molecule has 1 N–H and O–H groups in total. The summed E-state index contributed by atoms with van der Waals surface area (Å²) >= 11 is 0. The van der Waals surface area contributed by atoms with E-state index < -0.39 is 0 Å². The highest BCUT2D eigenvalue weighted by Crippen LogP contribution is 2.23. The van der Waals surface area contributed by atoms with Crippen LogP contribution in [0.5, 0.6) is 0 Å². The Balaban J connectivity index is 1.70. The van der Waals surface area contributed by atoms with Crippen LogP contribution in [0.15, 0.2) is 12.1 Å². The van der Waals surface area contributed by atoms with Crippen LogP contribution in [0, 0.1) is 0 Å². The molecule has 0 aliphatic carbocycles. The summed E-state index contributed by atoms with van der Waals surface area (Å²) in [6.45, 7) is 7.51. The molecule has 5 nitrogen and oxygen atoms in total. The van der Waals surface area contributed by atoms with Gasteiger partial charge in [-0.25, -0.2) is 0 Å². The molecule has 0 spiro atoms. The molecule has 19 heavy (non-hydrogen) atoms. The van der Waals surface area contributed by atoms with Crippen LogP contribution in [-0.2, 0) is 0 Å². The molecule has 1 aromatic heterocycles. The third-order valence-electron chi connectivity index (χ3n) is 4.17. The smallest absolute Gasteiger partial charge is 0.151 e. The number of aromatic nitrogens is 2. The highest BCUT2D eigenvalue weighted by Gasteiger charge is 2.20. The van der Waals surface area contributed by atoms with Gasteiger partial charge in [-0.05, 0) is 38.3 Å². The molecule has 5 heteroatoms. The summed E-state index contributed by atoms with van der Waals surface area (Å²) in [5.41, 5.74) is 0. The molecule has 2 fully saturated rings. The Labute approximate surface area is 115 Å². The second-order valence-electron chi connectivity index (χ2n) is 5.52. The summed E-state index contributed by atoms with van der Waals surface area (Å²) in [5.74, 6) is 2.04. The van der Waals surface area contributed by atoms with Gasteiger partial charge in [0.1, 0.15) is 0 Å². The maximum Gasteiger partial charge on any atom is 0.151 e. The molecule has 1 atom stereocenters. The van der Waals surface area contributed by atoms with Gasteiger partial charge in [-0.15, -0.1) is 10.2 Å². The Morgan fingerprint density at radius 1 is 1.05 bits per heavy atom. The van der Waals surface area contributed by atoms with E-state index in [1.165, 1.54) is 19.3 Å². The molecule has 2 aliphatic heterocycles. The number of rotatable bonds is 2. The van der Waals surface area contributed by atoms with Crippen LogP contribution in [0.4, 0.5) is 11.6 Å². The Bertz CT molecular complexity index is 399. The number of piperazine rings is 1. The van der Waals surface area contributed by atoms with E-state index in [-0.39, 0.29) is 0 Å². The van der Waals surface area contributed by atoms with Crippen molar-refractivity contribution in [3.63, 3.8) is 0 Å². The SMILES string of the molecule is C[C@H]1CCCCN1c1ccc(N2CCNCC2)nn1. The highest BCUT2D eigenvalue weighted by molar-refractivity contribution is 5.46. The summed E-state index contributed by atoms with van der Waals surface area (Å²) in [4.78, 5) is 4.69. The Hall–Kier alpha value is -1.36. The first-order valence-electron chi connectivity index (χ1n) is 7.40. The van der Waals surface area contributed by atoms with Crippen molar-refractivity contribution in [2.45, 2.75) is 32.2 Å². The first kappa shape index (κ1) is 12.7. The summed E-state index contributed by atoms with van der Waals surface area (Å²) in [5, 5.41) is 12.2. The van der Waals surface area contributed by atoms with Crippen LogP contribution < -0.4 is 15.1 Å². The molecule has 3 heterocycles. The van der Waals surface area contributed by atoms with Crippen LogP contribution in [0.3, 0.4) is 0 Å². The van der Waals surface area contributed by atoms with Crippen LogP contribution in [0.1, 0.15) is 26.2 Å². The average Bonchev–Trinajstić information content (AvgIpc) is 2.49. The Morgan fingerprint density at radius 2 is 1.79 bits per heavy atom. The Kier molecular flexibility index (Phi) is 3.82. The molecular formula is C14H23N5. The van der Waals surface area contributed by atoms with Crippen molar-refractivity contribution in [3.05, 3.63) is 12.1 Å². The van der Waals surface area contributed by atoms with Crippen LogP contribution in [0.2, 0.25) is 0 Å². The van der Waals surface area contributed by atoms with Crippen LogP contribution in [-0.4, -0.2) is 49.0 Å². The zero-order chi connectivity index (χ0) is 13.1. The van der Waals surface area contributed by atoms with Gasteiger partial charge in [-0.1, -0.05) is 0 Å². The zero-order valence-electron chi connectivity index (χ0n) is 11.7. The lowest BCUT2D eigenvalue weighted by molar-refractivity contribution is 0.479. The molecule has 2 aliphatic rings. The molecule has 0 saturated carbocycles. The first-order chi connectivity index (χ1) is 9.34. The Morgan fingerprint density at radius 3 is 2.47 bits per heavy atom. The first-order valence-corrected chi connectivity index (χ1v) is 7.40. The van der Waals surface area contributed by atoms with Crippen molar-refractivity contribution < 1.29 is 0 Å². The largest absolute Gasteiger partial charge is 0.353 e. The number of hydrogen-bond donors (Lipinski definition) is 1. The molecule has 0 bridgehead atoms. The zero-order valence-corrected chi connectivity index (χ0v) is 11.7. The fourth-order valence-corrected chi connectivity index (χ4v) is 2.97. The maximum absolute atomic E-state index is 4.44. The predicted octanol–water partition coefficient (Wildman–Crippen LogP) is 1.26. The molecule has 0 radical (unpaired) electrons. The molecule has 0 aromatic carbocycles.